The highest BCUT2D eigenvalue weighted by atomic mass is 16.8. The standard InChI is InChI=1S/C47H86O26/c1-48-18-23-28(49-2)34(55-8)39(60-13)44(70-23)66-20-25-30(51-4)36(57-10)41(62-15)46(72-25)68-22-27-32(53-6)37(58-11)42(63-16)47(73-27)67-21-26-31(52-5)35(56-9)40(61-14)45(71-26)65-19-24-29(50-3)33(54-7)38(59-12)43(64-17)69-24/h23-47H,18-22H2,1-17H3/t23-,24-,25-,26-,27-,28-,29-,30-,31-,32-,33+,34+,35+,36+,37+,38-,39-,40-,41-,42-,43?,44+,45+,46+,47+/m1/s1. The smallest absolute Gasteiger partial charge is 0.187 e. The Balaban J connectivity index is 1.32. The third kappa shape index (κ3) is 14.2. The zero-order valence-electron chi connectivity index (χ0n) is 45.6. The van der Waals surface area contributed by atoms with Gasteiger partial charge in [0.15, 0.2) is 31.5 Å². The molecule has 25 atom stereocenters. The van der Waals surface area contributed by atoms with Gasteiger partial charge in [-0.25, -0.2) is 0 Å². The van der Waals surface area contributed by atoms with Crippen LogP contribution in [0.1, 0.15) is 0 Å². The van der Waals surface area contributed by atoms with Crippen molar-refractivity contribution in [3.63, 3.8) is 0 Å². The van der Waals surface area contributed by atoms with Crippen molar-refractivity contribution in [2.45, 2.75) is 154 Å². The van der Waals surface area contributed by atoms with E-state index >= 15 is 0 Å². The summed E-state index contributed by atoms with van der Waals surface area (Å²) in [6, 6.07) is 0. The van der Waals surface area contributed by atoms with Gasteiger partial charge in [0.05, 0.1) is 33.0 Å². The normalized spacial score (nSPS) is 43.6. The van der Waals surface area contributed by atoms with Crippen LogP contribution in [0.3, 0.4) is 0 Å². The molecule has 0 bridgehead atoms. The third-order valence-electron chi connectivity index (χ3n) is 14.3. The third-order valence-corrected chi connectivity index (χ3v) is 14.3. The second-order valence-electron chi connectivity index (χ2n) is 17.7. The Bertz CT molecular complexity index is 1490. The second kappa shape index (κ2) is 31.5. The molecular formula is C47H86O26. The molecule has 0 spiro atoms. The Morgan fingerprint density at radius 1 is 0.192 bits per heavy atom. The van der Waals surface area contributed by atoms with Crippen LogP contribution in [0.15, 0.2) is 0 Å². The summed E-state index contributed by atoms with van der Waals surface area (Å²) >= 11 is 0. The zero-order valence-corrected chi connectivity index (χ0v) is 45.6. The molecular weight excluding hydrogens is 980 g/mol. The summed E-state index contributed by atoms with van der Waals surface area (Å²) in [7, 11) is 26.3. The Labute approximate surface area is 429 Å². The lowest BCUT2D eigenvalue weighted by molar-refractivity contribution is -0.359. The topological polar surface area (TPSA) is 240 Å². The average molecular weight is 1070 g/mol. The van der Waals surface area contributed by atoms with E-state index in [2.05, 4.69) is 0 Å². The Morgan fingerprint density at radius 2 is 0.370 bits per heavy atom. The van der Waals surface area contributed by atoms with Crippen LogP contribution in [0.25, 0.3) is 0 Å². The minimum absolute atomic E-state index is 0.0177. The average Bonchev–Trinajstić information content (AvgIpc) is 3.42. The monoisotopic (exact) mass is 1070 g/mol. The van der Waals surface area contributed by atoms with Crippen LogP contribution in [0.5, 0.6) is 0 Å². The van der Waals surface area contributed by atoms with E-state index < -0.39 is 154 Å². The van der Waals surface area contributed by atoms with Crippen molar-refractivity contribution < 1.29 is 123 Å². The van der Waals surface area contributed by atoms with Crippen LogP contribution in [0, 0.1) is 0 Å². The highest BCUT2D eigenvalue weighted by Crippen LogP contribution is 2.36. The van der Waals surface area contributed by atoms with Crippen LogP contribution >= 0.6 is 0 Å². The van der Waals surface area contributed by atoms with E-state index in [-0.39, 0.29) is 33.0 Å². The Hall–Kier alpha value is -1.04. The number of hydrogen-bond acceptors (Lipinski definition) is 26. The van der Waals surface area contributed by atoms with E-state index in [1.165, 1.54) is 28.4 Å². The first kappa shape index (κ1) is 62.8. The van der Waals surface area contributed by atoms with Crippen molar-refractivity contribution in [2.75, 3.05) is 154 Å². The van der Waals surface area contributed by atoms with Gasteiger partial charge >= 0.3 is 0 Å². The Morgan fingerprint density at radius 3 is 0.548 bits per heavy atom. The van der Waals surface area contributed by atoms with Crippen molar-refractivity contribution in [1.29, 1.82) is 0 Å². The van der Waals surface area contributed by atoms with Gasteiger partial charge in [-0.1, -0.05) is 0 Å². The van der Waals surface area contributed by atoms with Crippen LogP contribution in [0.2, 0.25) is 0 Å². The predicted octanol–water partition coefficient (Wildman–Crippen LogP) is -0.805. The van der Waals surface area contributed by atoms with E-state index in [4.69, 9.17) is 123 Å². The molecule has 73 heavy (non-hydrogen) atoms. The fourth-order valence-electron chi connectivity index (χ4n) is 10.7. The summed E-state index contributed by atoms with van der Waals surface area (Å²) in [4.78, 5) is 0. The van der Waals surface area contributed by atoms with Gasteiger partial charge in [-0.2, -0.15) is 0 Å². The van der Waals surface area contributed by atoms with Crippen molar-refractivity contribution in [3.05, 3.63) is 0 Å². The molecule has 0 N–H and O–H groups in total. The zero-order chi connectivity index (χ0) is 53.4. The maximum Gasteiger partial charge on any atom is 0.187 e. The lowest BCUT2D eigenvalue weighted by Crippen LogP contribution is -2.65. The molecule has 0 aromatic rings. The molecule has 0 aromatic heterocycles. The second-order valence-corrected chi connectivity index (χ2v) is 17.7. The maximum atomic E-state index is 6.65. The summed E-state index contributed by atoms with van der Waals surface area (Å²) in [6.07, 6.45) is -18.3. The summed E-state index contributed by atoms with van der Waals surface area (Å²) in [5, 5.41) is 0. The fourth-order valence-corrected chi connectivity index (χ4v) is 10.7. The molecule has 5 saturated heterocycles. The van der Waals surface area contributed by atoms with E-state index in [9.17, 15) is 0 Å². The van der Waals surface area contributed by atoms with Crippen LogP contribution in [0.4, 0.5) is 0 Å². The van der Waals surface area contributed by atoms with Crippen LogP contribution in [-0.2, 0) is 123 Å². The molecule has 5 aliphatic heterocycles. The number of ether oxygens (including phenoxy) is 26. The molecule has 430 valence electrons. The minimum Gasteiger partial charge on any atom is -0.382 e. The van der Waals surface area contributed by atoms with Gasteiger partial charge < -0.3 is 123 Å². The maximum absolute atomic E-state index is 6.65. The summed E-state index contributed by atoms with van der Waals surface area (Å²) in [5.41, 5.74) is 0. The highest BCUT2D eigenvalue weighted by Gasteiger charge is 2.55. The molecule has 5 heterocycles. The predicted molar refractivity (Wildman–Crippen MR) is 248 cm³/mol. The van der Waals surface area contributed by atoms with E-state index in [0.717, 1.165) is 0 Å². The molecule has 5 fully saturated rings. The molecule has 26 nitrogen and oxygen atoms in total. The first-order chi connectivity index (χ1) is 35.5. The van der Waals surface area contributed by atoms with Gasteiger partial charge in [-0.15, -0.1) is 0 Å². The van der Waals surface area contributed by atoms with E-state index in [0.29, 0.717) is 0 Å². The molecule has 5 rings (SSSR count). The first-order valence-corrected chi connectivity index (χ1v) is 24.2. The molecule has 0 aromatic carbocycles. The SMILES string of the molecule is COC[C@H]1O[C@H](OC[C@H]2O[C@H](OC[C@H]3O[C@H](OC[C@H]4O[C@H](OC[C@H]5OC(OC)[C@H](OC)[C@@H](OC)[C@@H]5OC)[C@H](OC)[C@@H](OC)[C@@H]4OC)[C@H](OC)[C@@H](OC)[C@@H]3OC)[C@H](OC)[C@@H](OC)[C@@H]2OC)[C@H](OC)[C@@H](OC)[C@@H]1OC. The first-order valence-electron chi connectivity index (χ1n) is 24.2. The van der Waals surface area contributed by atoms with Gasteiger partial charge in [0.1, 0.15) is 122 Å². The molecule has 5 aliphatic rings. The van der Waals surface area contributed by atoms with Crippen molar-refractivity contribution in [1.82, 2.24) is 0 Å². The Kier molecular flexibility index (Phi) is 27.1. The minimum atomic E-state index is -1.06. The van der Waals surface area contributed by atoms with Gasteiger partial charge in [0.2, 0.25) is 0 Å². The van der Waals surface area contributed by atoms with E-state index in [1.807, 2.05) is 0 Å². The summed E-state index contributed by atoms with van der Waals surface area (Å²) in [6.45, 7) is -0.0460. The van der Waals surface area contributed by atoms with Gasteiger partial charge in [0.25, 0.3) is 0 Å². The molecule has 26 heteroatoms. The molecule has 0 amide bonds. The van der Waals surface area contributed by atoms with Gasteiger partial charge in [0, 0.05) is 121 Å². The number of methoxy groups -OCH3 is 17. The largest absolute Gasteiger partial charge is 0.382 e. The van der Waals surface area contributed by atoms with E-state index in [1.54, 1.807) is 92.4 Å². The summed E-state index contributed by atoms with van der Waals surface area (Å²) in [5.74, 6) is 0. The van der Waals surface area contributed by atoms with Crippen LogP contribution < -0.4 is 0 Å². The van der Waals surface area contributed by atoms with Gasteiger partial charge in [-0.3, -0.25) is 0 Å². The van der Waals surface area contributed by atoms with Crippen molar-refractivity contribution >= 4 is 0 Å². The van der Waals surface area contributed by atoms with Crippen LogP contribution in [-0.4, -0.2) is 307 Å². The molecule has 0 radical (unpaired) electrons. The summed E-state index contributed by atoms with van der Waals surface area (Å²) < 4.78 is 158. The van der Waals surface area contributed by atoms with Gasteiger partial charge in [-0.05, 0) is 0 Å². The molecule has 0 aliphatic carbocycles. The quantitative estimate of drug-likeness (QED) is 0.0855. The fraction of sp³-hybridized carbons (Fsp3) is 1.00. The number of rotatable bonds is 30. The molecule has 0 saturated carbocycles. The molecule has 1 unspecified atom stereocenters. The lowest BCUT2D eigenvalue weighted by Gasteiger charge is -2.48. The lowest BCUT2D eigenvalue weighted by atomic mass is 9.97. The number of hydrogen-bond donors (Lipinski definition) is 0. The van der Waals surface area contributed by atoms with Crippen molar-refractivity contribution in [2.24, 2.45) is 0 Å². The van der Waals surface area contributed by atoms with Crippen molar-refractivity contribution in [3.8, 4) is 0 Å². The highest BCUT2D eigenvalue weighted by molar-refractivity contribution is 4.98.